The molecule has 2 aromatic rings. The fourth-order valence-corrected chi connectivity index (χ4v) is 4.73. The van der Waals surface area contributed by atoms with Crippen LogP contribution in [0.25, 0.3) is 0 Å². The minimum absolute atomic E-state index is 0.00238. The predicted molar refractivity (Wildman–Crippen MR) is 118 cm³/mol. The Morgan fingerprint density at radius 3 is 1.78 bits per heavy atom. The first-order chi connectivity index (χ1) is 15.4. The van der Waals surface area contributed by atoms with Gasteiger partial charge >= 0.3 is 13.7 Å². The number of rotatable bonds is 11. The number of benzene rings is 2. The lowest BCUT2D eigenvalue weighted by Gasteiger charge is -2.34. The number of esters is 1. The minimum Gasteiger partial charge on any atom is -0.465 e. The van der Waals surface area contributed by atoms with Crippen LogP contribution in [0.2, 0.25) is 0 Å². The van der Waals surface area contributed by atoms with E-state index in [0.29, 0.717) is 11.1 Å². The van der Waals surface area contributed by atoms with E-state index in [0.717, 1.165) is 0 Å². The third kappa shape index (κ3) is 5.43. The number of hydrogen-bond donors (Lipinski definition) is 1. The number of amides is 1. The molecule has 32 heavy (non-hydrogen) atoms. The summed E-state index contributed by atoms with van der Waals surface area (Å²) >= 11 is 0. The lowest BCUT2D eigenvalue weighted by Crippen LogP contribution is -2.49. The Labute approximate surface area is 188 Å². The Morgan fingerprint density at radius 1 is 0.938 bits per heavy atom. The zero-order valence-corrected chi connectivity index (χ0v) is 19.2. The van der Waals surface area contributed by atoms with Gasteiger partial charge in [0, 0.05) is 0 Å². The van der Waals surface area contributed by atoms with Crippen molar-refractivity contribution in [1.29, 1.82) is 5.26 Å². The molecule has 0 fully saturated rings. The second-order valence-corrected chi connectivity index (χ2v) is 8.38. The van der Waals surface area contributed by atoms with E-state index in [2.05, 4.69) is 11.2 Å². The maximum absolute atomic E-state index is 13.5. The van der Waals surface area contributed by atoms with Crippen LogP contribution in [-0.2, 0) is 33.4 Å². The molecule has 0 aromatic heterocycles. The zero-order chi connectivity index (χ0) is 23.6. The second kappa shape index (κ2) is 11.6. The van der Waals surface area contributed by atoms with Gasteiger partial charge in [0.1, 0.15) is 5.41 Å². The van der Waals surface area contributed by atoms with Crippen molar-refractivity contribution in [3.05, 3.63) is 71.8 Å². The molecular formula is C23H27N2O6P. The molecule has 0 aliphatic carbocycles. The van der Waals surface area contributed by atoms with Gasteiger partial charge in [-0.3, -0.25) is 23.7 Å². The number of carbonyl (C=O) groups excluding carboxylic acids is 2. The molecule has 0 aliphatic rings. The van der Waals surface area contributed by atoms with E-state index in [9.17, 15) is 19.4 Å². The first-order valence-corrected chi connectivity index (χ1v) is 11.8. The standard InChI is InChI=1S/C23H27N2O6P/c1-4-29-22(27)20(21(26)25-32(28,30-5-2)31-6-3)23(17-24,18-13-9-7-10-14-18)19-15-11-8-12-16-19/h7-16,20H,4-6H2,1-3H3,(H,25,26,28). The smallest absolute Gasteiger partial charge is 0.434 e. The van der Waals surface area contributed by atoms with Crippen molar-refractivity contribution in [3.8, 4) is 6.07 Å². The second-order valence-electron chi connectivity index (χ2n) is 6.65. The molecule has 8 nitrogen and oxygen atoms in total. The lowest BCUT2D eigenvalue weighted by molar-refractivity contribution is -0.153. The topological polar surface area (TPSA) is 115 Å². The van der Waals surface area contributed by atoms with Crippen molar-refractivity contribution in [3.63, 3.8) is 0 Å². The molecule has 0 aliphatic heterocycles. The summed E-state index contributed by atoms with van der Waals surface area (Å²) in [6.45, 7) is 4.77. The molecule has 0 saturated carbocycles. The van der Waals surface area contributed by atoms with Crippen molar-refractivity contribution in [2.45, 2.75) is 26.2 Å². The highest BCUT2D eigenvalue weighted by atomic mass is 31.2. The van der Waals surface area contributed by atoms with Crippen molar-refractivity contribution in [1.82, 2.24) is 5.09 Å². The number of nitrogens with one attached hydrogen (secondary N) is 1. The average molecular weight is 458 g/mol. The highest BCUT2D eigenvalue weighted by Gasteiger charge is 2.53. The van der Waals surface area contributed by atoms with Crippen molar-refractivity contribution >= 4 is 19.6 Å². The number of ether oxygens (including phenoxy) is 1. The number of carbonyl (C=O) groups is 2. The van der Waals surface area contributed by atoms with Crippen molar-refractivity contribution < 1.29 is 27.9 Å². The lowest BCUT2D eigenvalue weighted by atomic mass is 9.66. The average Bonchev–Trinajstić information content (AvgIpc) is 2.78. The van der Waals surface area contributed by atoms with E-state index in [-0.39, 0.29) is 19.8 Å². The highest BCUT2D eigenvalue weighted by Crippen LogP contribution is 2.46. The Hall–Kier alpha value is -2.98. The highest BCUT2D eigenvalue weighted by molar-refractivity contribution is 7.52. The molecule has 1 atom stereocenters. The molecule has 2 rings (SSSR count). The number of hydrogen-bond acceptors (Lipinski definition) is 7. The van der Waals surface area contributed by atoms with Gasteiger partial charge in [-0.15, -0.1) is 0 Å². The summed E-state index contributed by atoms with van der Waals surface area (Å²) < 4.78 is 28.5. The molecule has 9 heteroatoms. The first kappa shape index (κ1) is 25.3. The molecule has 1 unspecified atom stereocenters. The molecule has 1 N–H and O–H groups in total. The number of nitrogens with zero attached hydrogens (tertiary/aromatic N) is 1. The van der Waals surface area contributed by atoms with Crippen molar-refractivity contribution in [2.75, 3.05) is 19.8 Å². The van der Waals surface area contributed by atoms with Crippen LogP contribution in [0.3, 0.4) is 0 Å². The monoisotopic (exact) mass is 458 g/mol. The minimum atomic E-state index is -4.07. The Bertz CT molecular complexity index is 941. The van der Waals surface area contributed by atoms with E-state index in [1.807, 2.05) is 0 Å². The van der Waals surface area contributed by atoms with Gasteiger partial charge in [0.2, 0.25) is 5.91 Å². The summed E-state index contributed by atoms with van der Waals surface area (Å²) in [6, 6.07) is 19.1. The van der Waals surface area contributed by atoms with Crippen LogP contribution in [0.4, 0.5) is 0 Å². The van der Waals surface area contributed by atoms with Crippen LogP contribution in [-0.4, -0.2) is 31.7 Å². The molecule has 2 aromatic carbocycles. The molecule has 170 valence electrons. The number of nitriles is 1. The van der Waals surface area contributed by atoms with Gasteiger partial charge < -0.3 is 4.74 Å². The molecule has 0 bridgehead atoms. The first-order valence-electron chi connectivity index (χ1n) is 10.3. The predicted octanol–water partition coefficient (Wildman–Crippen LogP) is 3.97. The maximum atomic E-state index is 13.5. The summed E-state index contributed by atoms with van der Waals surface area (Å²) in [5, 5.41) is 12.7. The maximum Gasteiger partial charge on any atom is 0.434 e. The van der Waals surface area contributed by atoms with Gasteiger partial charge in [-0.2, -0.15) is 5.26 Å². The summed E-state index contributed by atoms with van der Waals surface area (Å²) in [5.74, 6) is -3.62. The van der Waals surface area contributed by atoms with Crippen LogP contribution in [0.15, 0.2) is 60.7 Å². The van der Waals surface area contributed by atoms with Gasteiger partial charge in [0.05, 0.1) is 25.9 Å². The van der Waals surface area contributed by atoms with Crippen LogP contribution in [0.5, 0.6) is 0 Å². The Morgan fingerprint density at radius 2 is 1.41 bits per heavy atom. The summed E-state index contributed by atoms with van der Waals surface area (Å²) in [6.07, 6.45) is 0. The van der Waals surface area contributed by atoms with Gasteiger partial charge in [-0.25, -0.2) is 4.57 Å². The molecular weight excluding hydrogens is 431 g/mol. The normalized spacial score (nSPS) is 12.4. The van der Waals surface area contributed by atoms with E-state index in [1.165, 1.54) is 0 Å². The van der Waals surface area contributed by atoms with Crippen LogP contribution < -0.4 is 5.09 Å². The quantitative estimate of drug-likeness (QED) is 0.308. The van der Waals surface area contributed by atoms with E-state index >= 15 is 0 Å². The summed E-state index contributed by atoms with van der Waals surface area (Å²) in [7, 11) is -4.07. The molecule has 0 saturated heterocycles. The van der Waals surface area contributed by atoms with Gasteiger partial charge in [-0.1, -0.05) is 60.7 Å². The third-order valence-corrected chi connectivity index (χ3v) is 6.39. The summed E-state index contributed by atoms with van der Waals surface area (Å²) in [5.41, 5.74) is -0.948. The summed E-state index contributed by atoms with van der Waals surface area (Å²) in [4.78, 5) is 26.6. The Balaban J connectivity index is 2.73. The van der Waals surface area contributed by atoms with E-state index in [4.69, 9.17) is 13.8 Å². The van der Waals surface area contributed by atoms with Gasteiger partial charge in [0.25, 0.3) is 0 Å². The zero-order valence-electron chi connectivity index (χ0n) is 18.3. The molecule has 0 spiro atoms. The third-order valence-electron chi connectivity index (χ3n) is 4.70. The molecule has 0 heterocycles. The van der Waals surface area contributed by atoms with Crippen molar-refractivity contribution in [2.24, 2.45) is 5.92 Å². The molecule has 1 amide bonds. The van der Waals surface area contributed by atoms with Gasteiger partial charge in [0.15, 0.2) is 5.92 Å². The largest absolute Gasteiger partial charge is 0.465 e. The SMILES string of the molecule is CCOC(=O)C(C(=O)NP(=O)(OCC)OCC)C(C#N)(c1ccccc1)c1ccccc1. The van der Waals surface area contributed by atoms with Crippen LogP contribution in [0, 0.1) is 17.2 Å². The van der Waals surface area contributed by atoms with E-state index in [1.54, 1.807) is 81.4 Å². The van der Waals surface area contributed by atoms with Crippen LogP contribution in [0.1, 0.15) is 31.9 Å². The fourth-order valence-electron chi connectivity index (χ4n) is 3.44. The van der Waals surface area contributed by atoms with Crippen LogP contribution >= 0.6 is 7.75 Å². The molecule has 0 radical (unpaired) electrons. The van der Waals surface area contributed by atoms with E-state index < -0.39 is 31.0 Å². The fraction of sp³-hybridized carbons (Fsp3) is 0.348. The Kier molecular flexibility index (Phi) is 9.15. The van der Waals surface area contributed by atoms with Gasteiger partial charge in [-0.05, 0) is 31.9 Å².